The molecule has 5 heteroatoms. The molecule has 7 rings (SSSR count). The van der Waals surface area contributed by atoms with E-state index in [4.69, 9.17) is 11.1 Å². The number of hydrogen-bond acceptors (Lipinski definition) is 1. The van der Waals surface area contributed by atoms with Gasteiger partial charge in [0.15, 0.2) is 5.84 Å². The normalized spacial score (nSPS) is 12.2. The molecule has 3 N–H and O–H groups in total. The molecule has 0 saturated carbocycles. The molecule has 176 valence electrons. The molecule has 0 saturated heterocycles. The van der Waals surface area contributed by atoms with Gasteiger partial charge in [-0.1, -0.05) is 72.8 Å². The van der Waals surface area contributed by atoms with Gasteiger partial charge in [-0.15, -0.1) is 0 Å². The van der Waals surface area contributed by atoms with E-state index in [2.05, 4.69) is 58.1 Å². The minimum Gasteiger partial charge on any atom is -0.369 e. The number of fused-ring (bicyclic) bond motifs is 6. The van der Waals surface area contributed by atoms with E-state index in [0.29, 0.717) is 5.56 Å². The SMILES string of the molecule is N=C(/N=C(\N)n1c2ccccc2c2ccccc21)c1ccc2c(c1)c1ccccc1n2-c1ccccc1. The molecule has 7 aromatic rings. The van der Waals surface area contributed by atoms with E-state index < -0.39 is 0 Å². The van der Waals surface area contributed by atoms with E-state index in [0.717, 1.165) is 49.3 Å². The van der Waals surface area contributed by atoms with Gasteiger partial charge in [0, 0.05) is 32.8 Å². The fourth-order valence-electron chi connectivity index (χ4n) is 5.37. The molecule has 0 spiro atoms. The second kappa shape index (κ2) is 8.21. The minimum atomic E-state index is 0.123. The number of rotatable bonds is 2. The summed E-state index contributed by atoms with van der Waals surface area (Å²) in [7, 11) is 0. The molecule has 0 aliphatic carbocycles. The largest absolute Gasteiger partial charge is 0.369 e. The number of nitrogens with zero attached hydrogens (tertiary/aromatic N) is 3. The predicted molar refractivity (Wildman–Crippen MR) is 154 cm³/mol. The van der Waals surface area contributed by atoms with Gasteiger partial charge in [-0.05, 0) is 48.5 Å². The molecule has 0 atom stereocenters. The van der Waals surface area contributed by atoms with E-state index in [9.17, 15) is 0 Å². The lowest BCUT2D eigenvalue weighted by Crippen LogP contribution is -2.23. The van der Waals surface area contributed by atoms with Crippen LogP contribution in [0.5, 0.6) is 0 Å². The third-order valence-corrected chi connectivity index (χ3v) is 7.00. The molecule has 0 aliphatic heterocycles. The molecular weight excluding hydrogens is 454 g/mol. The van der Waals surface area contributed by atoms with Gasteiger partial charge in [0.25, 0.3) is 0 Å². The van der Waals surface area contributed by atoms with Crippen molar-refractivity contribution in [2.75, 3.05) is 0 Å². The Bertz CT molecular complexity index is 1950. The van der Waals surface area contributed by atoms with Crippen molar-refractivity contribution in [1.82, 2.24) is 9.13 Å². The number of nitrogens with two attached hydrogens (primary N) is 1. The molecule has 0 amide bonds. The van der Waals surface area contributed by atoms with Gasteiger partial charge in [0.2, 0.25) is 5.96 Å². The van der Waals surface area contributed by atoms with Crippen LogP contribution in [-0.2, 0) is 0 Å². The van der Waals surface area contributed by atoms with Crippen LogP contribution in [-0.4, -0.2) is 20.9 Å². The van der Waals surface area contributed by atoms with E-state index in [1.807, 2.05) is 77.4 Å². The number of hydrogen-bond donors (Lipinski definition) is 2. The number of para-hydroxylation sites is 4. The summed E-state index contributed by atoms with van der Waals surface area (Å²) in [6.07, 6.45) is 0. The molecule has 0 fully saturated rings. The Morgan fingerprint density at radius 3 is 1.73 bits per heavy atom. The molecule has 2 aromatic heterocycles. The molecule has 2 heterocycles. The highest BCUT2D eigenvalue weighted by molar-refractivity contribution is 6.17. The first kappa shape index (κ1) is 21.1. The maximum Gasteiger partial charge on any atom is 0.207 e. The van der Waals surface area contributed by atoms with Gasteiger partial charge in [0.1, 0.15) is 0 Å². The third kappa shape index (κ3) is 3.25. The highest BCUT2D eigenvalue weighted by Crippen LogP contribution is 2.33. The van der Waals surface area contributed by atoms with E-state index >= 15 is 0 Å². The number of benzene rings is 5. The Kier molecular flexibility index (Phi) is 4.69. The van der Waals surface area contributed by atoms with Crippen molar-refractivity contribution >= 4 is 55.4 Å². The van der Waals surface area contributed by atoms with Crippen molar-refractivity contribution < 1.29 is 0 Å². The number of nitrogens with one attached hydrogen (secondary N) is 1. The summed E-state index contributed by atoms with van der Waals surface area (Å²) in [6.45, 7) is 0. The quantitative estimate of drug-likeness (QED) is 0.203. The predicted octanol–water partition coefficient (Wildman–Crippen LogP) is 7.08. The van der Waals surface area contributed by atoms with Crippen molar-refractivity contribution in [3.63, 3.8) is 0 Å². The topological polar surface area (TPSA) is 72.1 Å². The van der Waals surface area contributed by atoms with Crippen molar-refractivity contribution in [2.45, 2.75) is 0 Å². The zero-order valence-corrected chi connectivity index (χ0v) is 20.0. The van der Waals surface area contributed by atoms with Crippen molar-refractivity contribution in [1.29, 1.82) is 5.41 Å². The third-order valence-electron chi connectivity index (χ3n) is 7.00. The van der Waals surface area contributed by atoms with Gasteiger partial charge in [0.05, 0.1) is 22.1 Å². The summed E-state index contributed by atoms with van der Waals surface area (Å²) in [6, 6.07) is 41.0. The van der Waals surface area contributed by atoms with Crippen LogP contribution in [0.15, 0.2) is 126 Å². The van der Waals surface area contributed by atoms with E-state index in [1.165, 1.54) is 0 Å². The number of aromatic nitrogens is 2. The Morgan fingerprint density at radius 2 is 1.08 bits per heavy atom. The minimum absolute atomic E-state index is 0.123. The van der Waals surface area contributed by atoms with Gasteiger partial charge < -0.3 is 10.3 Å². The monoisotopic (exact) mass is 477 g/mol. The summed E-state index contributed by atoms with van der Waals surface area (Å²) in [5, 5.41) is 13.3. The van der Waals surface area contributed by atoms with Crippen LogP contribution in [0.2, 0.25) is 0 Å². The van der Waals surface area contributed by atoms with Crippen LogP contribution < -0.4 is 5.73 Å². The molecule has 5 nitrogen and oxygen atoms in total. The standard InChI is InChI=1S/C32H23N5/c33-31(35-32(34)37-28-16-8-4-12-23(28)24-13-5-9-17-29(24)37)21-18-19-30-26(20-21)25-14-6-7-15-27(25)36(30)22-10-2-1-3-11-22/h1-20H,(H3,33,34,35). The van der Waals surface area contributed by atoms with Crippen molar-refractivity contribution in [3.8, 4) is 5.69 Å². The second-order valence-electron chi connectivity index (χ2n) is 9.11. The lowest BCUT2D eigenvalue weighted by atomic mass is 10.1. The average Bonchev–Trinajstić information content (AvgIpc) is 3.46. The molecule has 0 aliphatic rings. The Labute approximate surface area is 213 Å². The average molecular weight is 478 g/mol. The van der Waals surface area contributed by atoms with Gasteiger partial charge in [-0.2, -0.15) is 4.99 Å². The van der Waals surface area contributed by atoms with Gasteiger partial charge in [-0.25, -0.2) is 0 Å². The lowest BCUT2D eigenvalue weighted by molar-refractivity contribution is 1.18. The maximum absolute atomic E-state index is 8.85. The first-order valence-corrected chi connectivity index (χ1v) is 12.2. The van der Waals surface area contributed by atoms with Crippen LogP contribution in [0.1, 0.15) is 5.56 Å². The number of aliphatic imine (C=N–C) groups is 1. The Morgan fingerprint density at radius 1 is 0.568 bits per heavy atom. The van der Waals surface area contributed by atoms with Crippen LogP contribution >= 0.6 is 0 Å². The molecular formula is C32H23N5. The lowest BCUT2D eigenvalue weighted by Gasteiger charge is -2.09. The first-order valence-electron chi connectivity index (χ1n) is 12.2. The zero-order valence-electron chi connectivity index (χ0n) is 20.0. The molecule has 0 radical (unpaired) electrons. The Hall–Kier alpha value is -5.16. The van der Waals surface area contributed by atoms with Crippen LogP contribution in [0.4, 0.5) is 0 Å². The van der Waals surface area contributed by atoms with Gasteiger partial charge in [-0.3, -0.25) is 9.98 Å². The summed E-state index contributed by atoms with van der Waals surface area (Å²) in [5.41, 5.74) is 12.5. The highest BCUT2D eigenvalue weighted by Gasteiger charge is 2.15. The number of amidine groups is 1. The molecule has 5 aromatic carbocycles. The summed E-state index contributed by atoms with van der Waals surface area (Å²) in [4.78, 5) is 4.58. The smallest absolute Gasteiger partial charge is 0.207 e. The summed E-state index contributed by atoms with van der Waals surface area (Å²) in [5.74, 6) is 0.395. The van der Waals surface area contributed by atoms with Crippen LogP contribution in [0.25, 0.3) is 49.3 Å². The molecule has 37 heavy (non-hydrogen) atoms. The Balaban J connectivity index is 1.37. The summed E-state index contributed by atoms with van der Waals surface area (Å²) >= 11 is 0. The zero-order chi connectivity index (χ0) is 24.9. The fourth-order valence-corrected chi connectivity index (χ4v) is 5.37. The maximum atomic E-state index is 8.85. The molecule has 0 bridgehead atoms. The van der Waals surface area contributed by atoms with Crippen molar-refractivity contribution in [2.24, 2.45) is 10.7 Å². The fraction of sp³-hybridized carbons (Fsp3) is 0. The highest BCUT2D eigenvalue weighted by atomic mass is 15.2. The second-order valence-corrected chi connectivity index (χ2v) is 9.11. The van der Waals surface area contributed by atoms with E-state index in [-0.39, 0.29) is 11.8 Å². The van der Waals surface area contributed by atoms with Crippen molar-refractivity contribution in [3.05, 3.63) is 127 Å². The summed E-state index contributed by atoms with van der Waals surface area (Å²) < 4.78 is 4.19. The van der Waals surface area contributed by atoms with Crippen LogP contribution in [0.3, 0.4) is 0 Å². The molecule has 0 unspecified atom stereocenters. The van der Waals surface area contributed by atoms with E-state index in [1.54, 1.807) is 0 Å². The van der Waals surface area contributed by atoms with Crippen LogP contribution in [0, 0.1) is 5.41 Å². The first-order chi connectivity index (χ1) is 18.2. The van der Waals surface area contributed by atoms with Gasteiger partial charge >= 0.3 is 0 Å².